The molecule has 0 aliphatic heterocycles. The number of nitrogens with one attached hydrogen (secondary N) is 2. The average Bonchev–Trinajstić information content (AvgIpc) is 3.14. The zero-order valence-electron chi connectivity index (χ0n) is 16.4. The summed E-state index contributed by atoms with van der Waals surface area (Å²) in [6.45, 7) is 0.404. The molecule has 5 N–H and O–H groups in total. The number of unbranched alkanes of at least 4 members (excludes halogenated alkanes) is 1. The quantitative estimate of drug-likeness (QED) is 0.214. The summed E-state index contributed by atoms with van der Waals surface area (Å²) >= 11 is 1.73. The van der Waals surface area contributed by atoms with Gasteiger partial charge in [-0.05, 0) is 31.0 Å². The maximum atomic E-state index is 12.2. The van der Waals surface area contributed by atoms with Gasteiger partial charge in [-0.15, -0.1) is 11.8 Å². The average molecular weight is 448 g/mol. The number of fused-ring (bicyclic) bond motifs is 1. The lowest BCUT2D eigenvalue weighted by molar-refractivity contribution is 0.0949. The Morgan fingerprint density at radius 2 is 1.87 bits per heavy atom. The van der Waals surface area contributed by atoms with Crippen LogP contribution in [0.5, 0.6) is 0 Å². The molecule has 0 bridgehead atoms. The molecule has 0 saturated carbocycles. The van der Waals surface area contributed by atoms with Crippen molar-refractivity contribution >= 4 is 38.7 Å². The van der Waals surface area contributed by atoms with E-state index < -0.39 is 16.0 Å². The molecule has 1 heterocycles. The van der Waals surface area contributed by atoms with Crippen molar-refractivity contribution in [3.05, 3.63) is 60.3 Å². The number of aromatic amines is 1. The smallest absolute Gasteiger partial charge is 0.295 e. The van der Waals surface area contributed by atoms with Crippen LogP contribution in [0.25, 0.3) is 10.9 Å². The summed E-state index contributed by atoms with van der Waals surface area (Å²) in [5.74, 6) is 0.276. The zero-order valence-corrected chi connectivity index (χ0v) is 18.0. The minimum Gasteiger partial charge on any atom is -0.360 e. The first kappa shape index (κ1) is 22.4. The van der Waals surface area contributed by atoms with Crippen LogP contribution in [0, 0.1) is 0 Å². The largest absolute Gasteiger partial charge is 0.360 e. The fourth-order valence-electron chi connectivity index (χ4n) is 3.15. The molecule has 0 fully saturated rings. The topological polar surface area (TPSA) is 125 Å². The molecule has 2 aromatic carbocycles. The normalized spacial score (nSPS) is 12.7. The number of para-hydroxylation sites is 1. The van der Waals surface area contributed by atoms with Gasteiger partial charge in [-0.3, -0.25) is 9.35 Å². The second-order valence-electron chi connectivity index (χ2n) is 6.99. The molecule has 160 valence electrons. The van der Waals surface area contributed by atoms with E-state index in [1.807, 2.05) is 24.4 Å². The van der Waals surface area contributed by atoms with Crippen molar-refractivity contribution < 1.29 is 17.8 Å². The Kier molecular flexibility index (Phi) is 7.54. The lowest BCUT2D eigenvalue weighted by Crippen LogP contribution is -2.27. The number of carbonyl (C=O) groups is 1. The highest BCUT2D eigenvalue weighted by Crippen LogP contribution is 2.28. The SMILES string of the molecule is NC(CCCCNC(=O)c1ccccc1S(=O)(=O)O)CSc1c[nH]c2ccccc12. The van der Waals surface area contributed by atoms with Gasteiger partial charge < -0.3 is 16.0 Å². The number of rotatable bonds is 10. The molecule has 0 aliphatic carbocycles. The van der Waals surface area contributed by atoms with Gasteiger partial charge in [-0.25, -0.2) is 0 Å². The summed E-state index contributed by atoms with van der Waals surface area (Å²) in [5, 5.41) is 3.89. The highest BCUT2D eigenvalue weighted by Gasteiger charge is 2.19. The number of benzene rings is 2. The van der Waals surface area contributed by atoms with Gasteiger partial charge >= 0.3 is 0 Å². The van der Waals surface area contributed by atoms with Crippen LogP contribution in [-0.2, 0) is 10.1 Å². The molecule has 9 heteroatoms. The van der Waals surface area contributed by atoms with E-state index in [1.54, 1.807) is 17.8 Å². The van der Waals surface area contributed by atoms with Crippen LogP contribution < -0.4 is 11.1 Å². The van der Waals surface area contributed by atoms with Crippen LogP contribution in [0.3, 0.4) is 0 Å². The fraction of sp³-hybridized carbons (Fsp3) is 0.286. The van der Waals surface area contributed by atoms with E-state index in [2.05, 4.69) is 16.4 Å². The molecule has 3 rings (SSSR count). The summed E-state index contributed by atoms with van der Waals surface area (Å²) in [5.41, 5.74) is 7.27. The first-order valence-corrected chi connectivity index (χ1v) is 12.1. The van der Waals surface area contributed by atoms with Crippen LogP contribution in [-0.4, -0.2) is 42.2 Å². The number of aromatic nitrogens is 1. The third kappa shape index (κ3) is 5.85. The highest BCUT2D eigenvalue weighted by atomic mass is 32.2. The highest BCUT2D eigenvalue weighted by molar-refractivity contribution is 7.99. The number of nitrogens with two attached hydrogens (primary N) is 1. The van der Waals surface area contributed by atoms with Gasteiger partial charge in [0.2, 0.25) is 0 Å². The van der Waals surface area contributed by atoms with Crippen LogP contribution >= 0.6 is 11.8 Å². The maximum Gasteiger partial charge on any atom is 0.295 e. The standard InChI is InChI=1S/C21H25N3O4S2/c22-15(14-29-19-13-24-18-10-3-1-8-16(18)19)7-5-6-12-23-21(25)17-9-2-4-11-20(17)30(26,27)28/h1-4,8-11,13,15,24H,5-7,12,14,22H2,(H,23,25)(H,26,27,28). The van der Waals surface area contributed by atoms with Crippen molar-refractivity contribution in [3.63, 3.8) is 0 Å². The van der Waals surface area contributed by atoms with Gasteiger partial charge in [0.25, 0.3) is 16.0 Å². The summed E-state index contributed by atoms with van der Waals surface area (Å²) < 4.78 is 32.0. The van der Waals surface area contributed by atoms with E-state index in [9.17, 15) is 17.8 Å². The molecule has 0 spiro atoms. The maximum absolute atomic E-state index is 12.2. The Hall–Kier alpha value is -2.33. The Morgan fingerprint density at radius 3 is 2.67 bits per heavy atom. The summed E-state index contributed by atoms with van der Waals surface area (Å²) in [7, 11) is -4.45. The molecular weight excluding hydrogens is 422 g/mol. The van der Waals surface area contributed by atoms with Gasteiger partial charge in [0.15, 0.2) is 0 Å². The molecule has 0 saturated heterocycles. The van der Waals surface area contributed by atoms with Gasteiger partial charge in [-0.1, -0.05) is 36.8 Å². The van der Waals surface area contributed by atoms with Crippen molar-refractivity contribution in [2.75, 3.05) is 12.3 Å². The summed E-state index contributed by atoms with van der Waals surface area (Å²) in [6.07, 6.45) is 4.40. The van der Waals surface area contributed by atoms with Gasteiger partial charge in [0.1, 0.15) is 4.90 Å². The van der Waals surface area contributed by atoms with Crippen LogP contribution in [0.15, 0.2) is 64.5 Å². The molecule has 1 unspecified atom stereocenters. The zero-order chi connectivity index (χ0) is 21.6. The molecule has 0 radical (unpaired) electrons. The first-order valence-electron chi connectivity index (χ1n) is 9.65. The van der Waals surface area contributed by atoms with Crippen LogP contribution in [0.4, 0.5) is 0 Å². The minimum absolute atomic E-state index is 0.0413. The van der Waals surface area contributed by atoms with Crippen molar-refractivity contribution in [2.45, 2.75) is 35.1 Å². The Balaban J connectivity index is 1.39. The van der Waals surface area contributed by atoms with Crippen molar-refractivity contribution in [2.24, 2.45) is 5.73 Å². The number of carbonyl (C=O) groups excluding carboxylic acids is 1. The predicted molar refractivity (Wildman–Crippen MR) is 119 cm³/mol. The summed E-state index contributed by atoms with van der Waals surface area (Å²) in [6, 6.07) is 13.8. The van der Waals surface area contributed by atoms with Crippen molar-refractivity contribution in [3.8, 4) is 0 Å². The Bertz CT molecular complexity index is 1110. The van der Waals surface area contributed by atoms with E-state index in [-0.39, 0.29) is 16.5 Å². The second-order valence-corrected chi connectivity index (χ2v) is 9.44. The number of amides is 1. The van der Waals surface area contributed by atoms with Gasteiger partial charge in [0, 0.05) is 40.3 Å². The van der Waals surface area contributed by atoms with Crippen molar-refractivity contribution in [1.29, 1.82) is 0 Å². The lowest BCUT2D eigenvalue weighted by atomic mass is 10.1. The Morgan fingerprint density at radius 1 is 1.13 bits per heavy atom. The fourth-order valence-corrected chi connectivity index (χ4v) is 4.88. The van der Waals surface area contributed by atoms with Crippen LogP contribution in [0.1, 0.15) is 29.6 Å². The van der Waals surface area contributed by atoms with E-state index in [4.69, 9.17) is 5.73 Å². The van der Waals surface area contributed by atoms with Gasteiger partial charge in [0.05, 0.1) is 5.56 Å². The molecule has 0 aliphatic rings. The lowest BCUT2D eigenvalue weighted by Gasteiger charge is -2.11. The second kappa shape index (κ2) is 10.1. The minimum atomic E-state index is -4.45. The summed E-state index contributed by atoms with van der Waals surface area (Å²) in [4.78, 5) is 16.3. The molecule has 1 amide bonds. The number of hydrogen-bond acceptors (Lipinski definition) is 5. The molecule has 7 nitrogen and oxygen atoms in total. The molecule has 1 aromatic heterocycles. The molecular formula is C21H25N3O4S2. The van der Waals surface area contributed by atoms with Crippen molar-refractivity contribution in [1.82, 2.24) is 10.3 Å². The van der Waals surface area contributed by atoms with E-state index in [0.717, 1.165) is 30.5 Å². The molecule has 3 aromatic rings. The van der Waals surface area contributed by atoms with E-state index in [1.165, 1.54) is 28.5 Å². The molecule has 1 atom stereocenters. The van der Waals surface area contributed by atoms with Crippen LogP contribution in [0.2, 0.25) is 0 Å². The number of hydrogen-bond donors (Lipinski definition) is 4. The monoisotopic (exact) mass is 447 g/mol. The van der Waals surface area contributed by atoms with E-state index >= 15 is 0 Å². The Labute approximate surface area is 180 Å². The predicted octanol–water partition coefficient (Wildman–Crippen LogP) is 3.43. The third-order valence-corrected chi connectivity index (χ3v) is 6.86. The number of H-pyrrole nitrogens is 1. The van der Waals surface area contributed by atoms with Gasteiger partial charge in [-0.2, -0.15) is 8.42 Å². The van der Waals surface area contributed by atoms with E-state index in [0.29, 0.717) is 6.54 Å². The molecule has 30 heavy (non-hydrogen) atoms. The number of thioether (sulfide) groups is 1. The first-order chi connectivity index (χ1) is 14.4. The third-order valence-electron chi connectivity index (χ3n) is 4.70.